The molecule has 174 valence electrons. The lowest BCUT2D eigenvalue weighted by Crippen LogP contribution is -2.42. The minimum atomic E-state index is -0.250. The van der Waals surface area contributed by atoms with Gasteiger partial charge in [-0.25, -0.2) is 0 Å². The van der Waals surface area contributed by atoms with E-state index in [1.807, 2.05) is 6.92 Å². The first-order valence-corrected chi connectivity index (χ1v) is 11.4. The fourth-order valence-corrected chi connectivity index (χ4v) is 5.01. The van der Waals surface area contributed by atoms with Crippen LogP contribution in [-0.4, -0.2) is 78.1 Å². The molecule has 0 spiro atoms. The first-order chi connectivity index (χ1) is 15.1. The van der Waals surface area contributed by atoms with E-state index in [2.05, 4.69) is 26.5 Å². The number of amides is 1. The summed E-state index contributed by atoms with van der Waals surface area (Å²) in [6.07, 6.45) is 5.01. The van der Waals surface area contributed by atoms with Crippen LogP contribution in [0.5, 0.6) is 0 Å². The molecule has 0 radical (unpaired) electrons. The minimum Gasteiger partial charge on any atom is -0.483 e. The summed E-state index contributed by atoms with van der Waals surface area (Å²) in [6.45, 7) is 8.07. The lowest BCUT2D eigenvalue weighted by Gasteiger charge is -2.35. The molecule has 0 aromatic carbocycles. The molecule has 4 heterocycles. The Morgan fingerprint density at radius 2 is 2.16 bits per heavy atom. The van der Waals surface area contributed by atoms with Crippen molar-refractivity contribution in [2.24, 2.45) is 17.8 Å². The number of carbonyl (C=O) groups excluding carboxylic acids is 1. The number of hydrogen-bond acceptors (Lipinski definition) is 6. The first-order valence-electron chi connectivity index (χ1n) is 11.4. The van der Waals surface area contributed by atoms with E-state index < -0.39 is 0 Å². The van der Waals surface area contributed by atoms with Crippen LogP contribution in [0.2, 0.25) is 0 Å². The molecular formula is C22H36N4O5. The predicted octanol–water partition coefficient (Wildman–Crippen LogP) is 1.58. The maximum absolute atomic E-state index is 12.4. The molecule has 9 nitrogen and oxygen atoms in total. The molecule has 0 aliphatic carbocycles. The Balaban J connectivity index is 0.000000858. The number of rotatable bonds is 7. The van der Waals surface area contributed by atoms with Crippen LogP contribution in [0.1, 0.15) is 43.5 Å². The van der Waals surface area contributed by atoms with E-state index in [9.17, 15) is 4.79 Å². The Morgan fingerprint density at radius 3 is 2.87 bits per heavy atom. The molecule has 3 aliphatic rings. The third-order valence-corrected chi connectivity index (χ3v) is 6.63. The largest absolute Gasteiger partial charge is 0.483 e. The van der Waals surface area contributed by atoms with Gasteiger partial charge in [-0.3, -0.25) is 19.6 Å². The third kappa shape index (κ3) is 7.29. The molecule has 3 atom stereocenters. The number of piperidine rings is 1. The van der Waals surface area contributed by atoms with E-state index in [1.54, 1.807) is 0 Å². The van der Waals surface area contributed by atoms with E-state index in [4.69, 9.17) is 19.4 Å². The van der Waals surface area contributed by atoms with Gasteiger partial charge in [0.15, 0.2) is 0 Å². The molecule has 3 N–H and O–H groups in total. The van der Waals surface area contributed by atoms with Crippen LogP contribution < -0.4 is 5.32 Å². The van der Waals surface area contributed by atoms with Crippen LogP contribution in [0.25, 0.3) is 0 Å². The lowest BCUT2D eigenvalue weighted by atomic mass is 9.83. The summed E-state index contributed by atoms with van der Waals surface area (Å²) < 4.78 is 11.4. The molecule has 4 rings (SSSR count). The van der Waals surface area contributed by atoms with E-state index in [-0.39, 0.29) is 18.5 Å². The number of likely N-dealkylation sites (tertiary alicyclic amines) is 1. The summed E-state index contributed by atoms with van der Waals surface area (Å²) in [7, 11) is 0. The molecular weight excluding hydrogens is 400 g/mol. The van der Waals surface area contributed by atoms with Crippen LogP contribution in [0.4, 0.5) is 0 Å². The van der Waals surface area contributed by atoms with Crippen molar-refractivity contribution in [3.05, 3.63) is 17.5 Å². The van der Waals surface area contributed by atoms with E-state index >= 15 is 0 Å². The Bertz CT molecular complexity index is 691. The van der Waals surface area contributed by atoms with Gasteiger partial charge in [0.25, 0.3) is 6.47 Å². The highest BCUT2D eigenvalue weighted by Crippen LogP contribution is 2.36. The smallest absolute Gasteiger partial charge is 0.290 e. The van der Waals surface area contributed by atoms with Crippen molar-refractivity contribution in [2.75, 3.05) is 39.5 Å². The number of hydrogen-bond donors (Lipinski definition) is 3. The number of carbonyl (C=O) groups is 2. The van der Waals surface area contributed by atoms with Gasteiger partial charge in [-0.15, -0.1) is 0 Å². The van der Waals surface area contributed by atoms with Gasteiger partial charge in [0, 0.05) is 44.5 Å². The SMILES string of the molecule is Cc1cc(CN2CC[C@@H]3[C@@H](CO[C@H]3CC(=O)NCCC3CCOCC3)C2)n[nH]1.O=CO. The topological polar surface area (TPSA) is 117 Å². The standard InChI is InChI=1S/C21H34N4O3.CH2O2/c1-15-10-18(24-23-15)13-25-7-3-19-17(12-25)14-28-20(19)11-21(26)22-6-2-16-4-8-27-9-5-16;2-1-3/h10,16-17,19-20H,2-9,11-14H2,1H3,(H,22,26)(H,23,24);1H,(H,2,3)/t17-,19-,20+;/m1./s1. The zero-order chi connectivity index (χ0) is 22.1. The Kier molecular flexibility index (Phi) is 9.30. The van der Waals surface area contributed by atoms with Gasteiger partial charge in [-0.1, -0.05) is 0 Å². The minimum absolute atomic E-state index is 0.0860. The molecule has 3 fully saturated rings. The Labute approximate surface area is 183 Å². The van der Waals surface area contributed by atoms with Crippen molar-refractivity contribution < 1.29 is 24.2 Å². The van der Waals surface area contributed by atoms with Gasteiger partial charge in [-0.2, -0.15) is 5.10 Å². The molecule has 1 amide bonds. The molecule has 0 bridgehead atoms. The van der Waals surface area contributed by atoms with Crippen LogP contribution in [-0.2, 0) is 25.6 Å². The molecule has 3 aliphatic heterocycles. The van der Waals surface area contributed by atoms with Crippen LogP contribution in [0, 0.1) is 24.7 Å². The highest BCUT2D eigenvalue weighted by Gasteiger charge is 2.41. The van der Waals surface area contributed by atoms with E-state index in [0.29, 0.717) is 24.2 Å². The summed E-state index contributed by atoms with van der Waals surface area (Å²) in [6, 6.07) is 2.12. The number of aromatic nitrogens is 2. The summed E-state index contributed by atoms with van der Waals surface area (Å²) in [4.78, 5) is 23.2. The first kappa shape index (κ1) is 23.7. The van der Waals surface area contributed by atoms with Crippen molar-refractivity contribution in [3.63, 3.8) is 0 Å². The predicted molar refractivity (Wildman–Crippen MR) is 114 cm³/mol. The Morgan fingerprint density at radius 1 is 1.39 bits per heavy atom. The van der Waals surface area contributed by atoms with Crippen molar-refractivity contribution in [1.82, 2.24) is 20.4 Å². The number of nitrogens with zero attached hydrogens (tertiary/aromatic N) is 2. The molecule has 9 heteroatoms. The molecule has 0 unspecified atom stereocenters. The maximum atomic E-state index is 12.4. The highest BCUT2D eigenvalue weighted by atomic mass is 16.5. The normalized spacial score (nSPS) is 26.5. The van der Waals surface area contributed by atoms with E-state index in [0.717, 1.165) is 83.1 Å². The zero-order valence-electron chi connectivity index (χ0n) is 18.4. The quantitative estimate of drug-likeness (QED) is 0.556. The molecule has 3 saturated heterocycles. The fraction of sp³-hybridized carbons (Fsp3) is 0.773. The van der Waals surface area contributed by atoms with Gasteiger partial charge < -0.3 is 19.9 Å². The zero-order valence-corrected chi connectivity index (χ0v) is 18.4. The third-order valence-electron chi connectivity index (χ3n) is 6.63. The molecule has 31 heavy (non-hydrogen) atoms. The lowest BCUT2D eigenvalue weighted by molar-refractivity contribution is -0.124. The highest BCUT2D eigenvalue weighted by molar-refractivity contribution is 5.76. The molecule has 1 aromatic rings. The number of aryl methyl sites for hydroxylation is 1. The van der Waals surface area contributed by atoms with Gasteiger partial charge in [0.05, 0.1) is 24.8 Å². The monoisotopic (exact) mass is 436 g/mol. The van der Waals surface area contributed by atoms with Gasteiger partial charge in [-0.05, 0) is 57.1 Å². The number of H-pyrrole nitrogens is 1. The number of carboxylic acid groups (broad SMARTS) is 1. The number of ether oxygens (including phenoxy) is 2. The van der Waals surface area contributed by atoms with E-state index in [1.165, 1.54) is 0 Å². The summed E-state index contributed by atoms with van der Waals surface area (Å²) >= 11 is 0. The number of aromatic amines is 1. The number of nitrogens with one attached hydrogen (secondary N) is 2. The van der Waals surface area contributed by atoms with Crippen molar-refractivity contribution >= 4 is 12.4 Å². The van der Waals surface area contributed by atoms with Crippen LogP contribution >= 0.6 is 0 Å². The molecule has 0 saturated carbocycles. The van der Waals surface area contributed by atoms with Crippen molar-refractivity contribution in [3.8, 4) is 0 Å². The van der Waals surface area contributed by atoms with Gasteiger partial charge in [0.2, 0.25) is 5.91 Å². The average Bonchev–Trinajstić information content (AvgIpc) is 3.35. The second-order valence-corrected chi connectivity index (χ2v) is 8.87. The second kappa shape index (κ2) is 12.2. The van der Waals surface area contributed by atoms with Crippen molar-refractivity contribution in [2.45, 2.75) is 51.7 Å². The maximum Gasteiger partial charge on any atom is 0.290 e. The Hall–Kier alpha value is -1.97. The molecule has 1 aromatic heterocycles. The van der Waals surface area contributed by atoms with Gasteiger partial charge in [0.1, 0.15) is 0 Å². The average molecular weight is 437 g/mol. The second-order valence-electron chi connectivity index (χ2n) is 8.87. The van der Waals surface area contributed by atoms with Crippen LogP contribution in [0.3, 0.4) is 0 Å². The number of fused-ring (bicyclic) bond motifs is 1. The summed E-state index contributed by atoms with van der Waals surface area (Å²) in [5.41, 5.74) is 2.22. The fourth-order valence-electron chi connectivity index (χ4n) is 5.01. The summed E-state index contributed by atoms with van der Waals surface area (Å²) in [5.74, 6) is 1.89. The van der Waals surface area contributed by atoms with Crippen LogP contribution in [0.15, 0.2) is 6.07 Å². The van der Waals surface area contributed by atoms with Crippen molar-refractivity contribution in [1.29, 1.82) is 0 Å². The summed E-state index contributed by atoms with van der Waals surface area (Å²) in [5, 5.41) is 17.4. The van der Waals surface area contributed by atoms with Gasteiger partial charge >= 0.3 is 0 Å².